The van der Waals surface area contributed by atoms with E-state index in [1.165, 1.54) is 0 Å². The van der Waals surface area contributed by atoms with Crippen molar-refractivity contribution in [2.45, 2.75) is 9.79 Å². The van der Waals surface area contributed by atoms with E-state index in [0.717, 1.165) is 13.4 Å². The molecule has 3 aromatic carbocycles. The van der Waals surface area contributed by atoms with Crippen LogP contribution in [0.2, 0.25) is 0 Å². The summed E-state index contributed by atoms with van der Waals surface area (Å²) in [7, 11) is 0. The van der Waals surface area contributed by atoms with E-state index in [4.69, 9.17) is 9.47 Å². The van der Waals surface area contributed by atoms with Gasteiger partial charge in [0.05, 0.1) is 11.3 Å². The van der Waals surface area contributed by atoms with Gasteiger partial charge in [-0.2, -0.15) is 0 Å². The van der Waals surface area contributed by atoms with Gasteiger partial charge in [0, 0.05) is 25.5 Å². The standard InChI is InChI=1S/C21H16INO3S/c22-16-9-5-4-8-15(16)21(24)23-17-12-18-19(26-11-10-25-18)13-20(17)27-14-6-2-1-3-7-14/h1-9,12-13H,10-11H2,(H,23,24). The quantitative estimate of drug-likeness (QED) is 0.495. The molecule has 4 rings (SSSR count). The van der Waals surface area contributed by atoms with Crippen molar-refractivity contribution in [2.75, 3.05) is 18.5 Å². The van der Waals surface area contributed by atoms with Crippen molar-refractivity contribution in [1.29, 1.82) is 0 Å². The van der Waals surface area contributed by atoms with Crippen LogP contribution in [0.25, 0.3) is 0 Å². The fourth-order valence-electron chi connectivity index (χ4n) is 2.70. The highest BCUT2D eigenvalue weighted by molar-refractivity contribution is 14.1. The molecule has 27 heavy (non-hydrogen) atoms. The Kier molecular flexibility index (Phi) is 5.54. The lowest BCUT2D eigenvalue weighted by molar-refractivity contribution is 0.102. The van der Waals surface area contributed by atoms with Crippen molar-refractivity contribution in [3.63, 3.8) is 0 Å². The Morgan fingerprint density at radius 3 is 2.33 bits per heavy atom. The van der Waals surface area contributed by atoms with Crippen LogP contribution in [0.15, 0.2) is 76.5 Å². The molecule has 0 saturated carbocycles. The van der Waals surface area contributed by atoms with Crippen molar-refractivity contribution in [2.24, 2.45) is 0 Å². The third-order valence-electron chi connectivity index (χ3n) is 3.98. The molecule has 0 spiro atoms. The van der Waals surface area contributed by atoms with E-state index in [9.17, 15) is 4.79 Å². The van der Waals surface area contributed by atoms with Crippen molar-refractivity contribution < 1.29 is 14.3 Å². The zero-order chi connectivity index (χ0) is 18.6. The summed E-state index contributed by atoms with van der Waals surface area (Å²) >= 11 is 3.75. The Hall–Kier alpha value is -2.19. The lowest BCUT2D eigenvalue weighted by Crippen LogP contribution is -2.17. The Morgan fingerprint density at radius 2 is 1.59 bits per heavy atom. The van der Waals surface area contributed by atoms with Crippen LogP contribution in [-0.4, -0.2) is 19.1 Å². The maximum Gasteiger partial charge on any atom is 0.256 e. The van der Waals surface area contributed by atoms with Gasteiger partial charge in [-0.25, -0.2) is 0 Å². The zero-order valence-electron chi connectivity index (χ0n) is 14.3. The minimum atomic E-state index is -0.147. The molecule has 1 aliphatic rings. The summed E-state index contributed by atoms with van der Waals surface area (Å²) < 4.78 is 12.3. The molecule has 3 aromatic rings. The van der Waals surface area contributed by atoms with Crippen LogP contribution < -0.4 is 14.8 Å². The lowest BCUT2D eigenvalue weighted by Gasteiger charge is -2.21. The van der Waals surface area contributed by atoms with Crippen molar-refractivity contribution in [3.05, 3.63) is 75.9 Å². The molecule has 6 heteroatoms. The van der Waals surface area contributed by atoms with E-state index in [1.807, 2.05) is 66.7 Å². The molecular formula is C21H16INO3S. The number of fused-ring (bicyclic) bond motifs is 1. The molecule has 0 radical (unpaired) electrons. The van der Waals surface area contributed by atoms with Crippen molar-refractivity contribution in [3.8, 4) is 11.5 Å². The van der Waals surface area contributed by atoms with Gasteiger partial charge in [-0.15, -0.1) is 0 Å². The Balaban J connectivity index is 1.69. The number of amides is 1. The number of rotatable bonds is 4. The molecule has 4 nitrogen and oxygen atoms in total. The second kappa shape index (κ2) is 8.22. The molecule has 0 saturated heterocycles. The predicted octanol–water partition coefficient (Wildman–Crippen LogP) is 5.47. The van der Waals surface area contributed by atoms with E-state index in [-0.39, 0.29) is 5.91 Å². The largest absolute Gasteiger partial charge is 0.486 e. The number of halogens is 1. The summed E-state index contributed by atoms with van der Waals surface area (Å²) in [5.41, 5.74) is 1.35. The first-order chi connectivity index (χ1) is 13.2. The fourth-order valence-corrected chi connectivity index (χ4v) is 4.27. The first-order valence-electron chi connectivity index (χ1n) is 8.43. The summed E-state index contributed by atoms with van der Waals surface area (Å²) in [5, 5.41) is 3.04. The number of hydrogen-bond donors (Lipinski definition) is 1. The van der Waals surface area contributed by atoms with E-state index >= 15 is 0 Å². The van der Waals surface area contributed by atoms with Crippen LogP contribution in [0.3, 0.4) is 0 Å². The Morgan fingerprint density at radius 1 is 0.926 bits per heavy atom. The van der Waals surface area contributed by atoms with Gasteiger partial charge < -0.3 is 14.8 Å². The van der Waals surface area contributed by atoms with Crippen LogP contribution in [0.5, 0.6) is 11.5 Å². The molecule has 0 fully saturated rings. The molecule has 0 unspecified atom stereocenters. The third kappa shape index (κ3) is 4.22. The maximum absolute atomic E-state index is 12.8. The van der Waals surface area contributed by atoms with E-state index < -0.39 is 0 Å². The van der Waals surface area contributed by atoms with Crippen LogP contribution in [0, 0.1) is 3.57 Å². The molecule has 0 aromatic heterocycles. The first-order valence-corrected chi connectivity index (χ1v) is 10.3. The Labute approximate surface area is 175 Å². The number of ether oxygens (including phenoxy) is 2. The summed E-state index contributed by atoms with van der Waals surface area (Å²) in [6.45, 7) is 1.03. The third-order valence-corrected chi connectivity index (χ3v) is 5.99. The van der Waals surface area contributed by atoms with E-state index in [0.29, 0.717) is 36.0 Å². The fraction of sp³-hybridized carbons (Fsp3) is 0.0952. The normalized spacial score (nSPS) is 12.5. The highest BCUT2D eigenvalue weighted by Crippen LogP contribution is 2.42. The van der Waals surface area contributed by atoms with Crippen LogP contribution in [0.1, 0.15) is 10.4 Å². The summed E-state index contributed by atoms with van der Waals surface area (Å²) in [4.78, 5) is 14.8. The number of carbonyl (C=O) groups excluding carboxylic acids is 1. The first kappa shape index (κ1) is 18.2. The highest BCUT2D eigenvalue weighted by Gasteiger charge is 2.19. The van der Waals surface area contributed by atoms with Gasteiger partial charge in [-0.3, -0.25) is 4.79 Å². The molecule has 1 amide bonds. The summed E-state index contributed by atoms with van der Waals surface area (Å²) in [6, 6.07) is 21.3. The van der Waals surface area contributed by atoms with E-state index in [2.05, 4.69) is 27.9 Å². The van der Waals surface area contributed by atoms with Crippen LogP contribution in [0.4, 0.5) is 5.69 Å². The topological polar surface area (TPSA) is 47.6 Å². The molecule has 0 aliphatic carbocycles. The molecule has 1 aliphatic heterocycles. The number of hydrogen-bond acceptors (Lipinski definition) is 4. The lowest BCUT2D eigenvalue weighted by atomic mass is 10.2. The molecule has 1 N–H and O–H groups in total. The molecule has 0 atom stereocenters. The zero-order valence-corrected chi connectivity index (χ0v) is 17.3. The van der Waals surface area contributed by atoms with Gasteiger partial charge in [-0.1, -0.05) is 42.1 Å². The van der Waals surface area contributed by atoms with Gasteiger partial charge in [0.15, 0.2) is 11.5 Å². The molecule has 1 heterocycles. The minimum absolute atomic E-state index is 0.147. The SMILES string of the molecule is O=C(Nc1cc2c(cc1Sc1ccccc1)OCCO2)c1ccccc1I. The van der Waals surface area contributed by atoms with Crippen molar-refractivity contribution in [1.82, 2.24) is 0 Å². The average Bonchev–Trinajstić information content (AvgIpc) is 2.69. The molecular weight excluding hydrogens is 473 g/mol. The van der Waals surface area contributed by atoms with E-state index in [1.54, 1.807) is 11.8 Å². The van der Waals surface area contributed by atoms with Crippen LogP contribution in [-0.2, 0) is 0 Å². The minimum Gasteiger partial charge on any atom is -0.486 e. The smallest absolute Gasteiger partial charge is 0.256 e. The number of nitrogens with one attached hydrogen (secondary N) is 1. The summed E-state index contributed by atoms with van der Waals surface area (Å²) in [5.74, 6) is 1.20. The summed E-state index contributed by atoms with van der Waals surface area (Å²) in [6.07, 6.45) is 0. The Bertz CT molecular complexity index is 978. The van der Waals surface area contributed by atoms with Crippen LogP contribution >= 0.6 is 34.4 Å². The number of carbonyl (C=O) groups is 1. The van der Waals surface area contributed by atoms with Gasteiger partial charge in [-0.05, 0) is 46.9 Å². The molecule has 0 bridgehead atoms. The van der Waals surface area contributed by atoms with Crippen molar-refractivity contribution >= 4 is 45.9 Å². The highest BCUT2D eigenvalue weighted by atomic mass is 127. The van der Waals surface area contributed by atoms with Gasteiger partial charge in [0.25, 0.3) is 5.91 Å². The average molecular weight is 489 g/mol. The molecule has 136 valence electrons. The monoisotopic (exact) mass is 489 g/mol. The number of benzene rings is 3. The second-order valence-electron chi connectivity index (χ2n) is 5.84. The maximum atomic E-state index is 12.8. The van der Waals surface area contributed by atoms with Gasteiger partial charge in [0.1, 0.15) is 13.2 Å². The van der Waals surface area contributed by atoms with Gasteiger partial charge >= 0.3 is 0 Å². The number of anilines is 1. The predicted molar refractivity (Wildman–Crippen MR) is 115 cm³/mol. The second-order valence-corrected chi connectivity index (χ2v) is 8.12. The van der Waals surface area contributed by atoms with Gasteiger partial charge in [0.2, 0.25) is 0 Å².